The number of hydrogen-bond donors (Lipinski definition) is 1. The molecule has 2 aromatic carbocycles. The summed E-state index contributed by atoms with van der Waals surface area (Å²) in [5, 5.41) is 3.43. The third-order valence-electron chi connectivity index (χ3n) is 5.94. The average Bonchev–Trinajstić information content (AvgIpc) is 3.34. The van der Waals surface area contributed by atoms with E-state index >= 15 is 0 Å². The number of alkyl halides is 3. The molecule has 0 atom stereocenters. The quantitative estimate of drug-likeness (QED) is 0.408. The molecule has 198 valence electrons. The van der Waals surface area contributed by atoms with Crippen molar-refractivity contribution in [2.45, 2.75) is 25.8 Å². The van der Waals surface area contributed by atoms with Crippen molar-refractivity contribution < 1.29 is 27.1 Å². The van der Waals surface area contributed by atoms with E-state index in [2.05, 4.69) is 15.2 Å². The Hall–Kier alpha value is -2.92. The fraction of sp³-hybridized carbons (Fsp3) is 0.385. The predicted octanol–water partition coefficient (Wildman–Crippen LogP) is 4.61. The molecule has 3 aromatic rings. The standard InChI is InChI=1S/C26H28ClF3N4O3/c27-22-6-4-19(5-7-22)15-34(16-20-2-1-3-21(14-20)26(28,29)30)17-24-32-23(18-37-24)25(35)31-8-9-33-10-12-36-13-11-33/h1-7,14,18H,8-13,15-17H2,(H,31,35). The van der Waals surface area contributed by atoms with E-state index in [9.17, 15) is 18.0 Å². The van der Waals surface area contributed by atoms with Crippen molar-refractivity contribution >= 4 is 17.5 Å². The number of ether oxygens (including phenoxy) is 1. The summed E-state index contributed by atoms with van der Waals surface area (Å²) in [6.45, 7) is 5.05. The second-order valence-electron chi connectivity index (χ2n) is 8.81. The first-order valence-corrected chi connectivity index (χ1v) is 12.3. The number of oxazole rings is 1. The molecule has 37 heavy (non-hydrogen) atoms. The lowest BCUT2D eigenvalue weighted by atomic mass is 10.1. The highest BCUT2D eigenvalue weighted by Gasteiger charge is 2.30. The van der Waals surface area contributed by atoms with Crippen molar-refractivity contribution in [2.75, 3.05) is 39.4 Å². The Morgan fingerprint density at radius 2 is 1.78 bits per heavy atom. The molecule has 0 unspecified atom stereocenters. The van der Waals surface area contributed by atoms with Crippen LogP contribution < -0.4 is 5.32 Å². The Morgan fingerprint density at radius 1 is 1.05 bits per heavy atom. The van der Waals surface area contributed by atoms with Crippen molar-refractivity contribution in [3.63, 3.8) is 0 Å². The van der Waals surface area contributed by atoms with Gasteiger partial charge in [-0.3, -0.25) is 14.6 Å². The SMILES string of the molecule is O=C(NCCN1CCOCC1)c1coc(CN(Cc2ccc(Cl)cc2)Cc2cccc(C(F)(F)F)c2)n1. The van der Waals surface area contributed by atoms with Gasteiger partial charge in [0.2, 0.25) is 5.89 Å². The summed E-state index contributed by atoms with van der Waals surface area (Å²) in [5.74, 6) is -0.0512. The van der Waals surface area contributed by atoms with Crippen LogP contribution in [-0.2, 0) is 30.5 Å². The molecular weight excluding hydrogens is 509 g/mol. The zero-order chi connectivity index (χ0) is 26.3. The molecule has 1 aliphatic heterocycles. The molecule has 0 spiro atoms. The number of morpholine rings is 1. The van der Waals surface area contributed by atoms with Crippen molar-refractivity contribution in [3.05, 3.63) is 88.1 Å². The number of benzene rings is 2. The molecule has 0 radical (unpaired) electrons. The molecule has 1 aliphatic rings. The maximum absolute atomic E-state index is 13.2. The molecular formula is C26H28ClF3N4O3. The molecule has 1 fully saturated rings. The molecule has 1 N–H and O–H groups in total. The Balaban J connectivity index is 1.41. The highest BCUT2D eigenvalue weighted by Crippen LogP contribution is 2.30. The van der Waals surface area contributed by atoms with Crippen molar-refractivity contribution in [3.8, 4) is 0 Å². The van der Waals surface area contributed by atoms with Crippen LogP contribution >= 0.6 is 11.6 Å². The van der Waals surface area contributed by atoms with E-state index in [0.717, 1.165) is 30.8 Å². The first-order valence-electron chi connectivity index (χ1n) is 11.9. The molecule has 1 aromatic heterocycles. The van der Waals surface area contributed by atoms with E-state index in [-0.39, 0.29) is 24.7 Å². The van der Waals surface area contributed by atoms with Crippen molar-refractivity contribution in [2.24, 2.45) is 0 Å². The summed E-state index contributed by atoms with van der Waals surface area (Å²) < 4.78 is 50.5. The highest BCUT2D eigenvalue weighted by molar-refractivity contribution is 6.30. The molecule has 2 heterocycles. The normalized spacial score (nSPS) is 14.7. The van der Waals surface area contributed by atoms with Crippen LogP contribution in [-0.4, -0.2) is 60.1 Å². The Morgan fingerprint density at radius 3 is 2.51 bits per heavy atom. The van der Waals surface area contributed by atoms with E-state index in [1.165, 1.54) is 12.3 Å². The van der Waals surface area contributed by atoms with Gasteiger partial charge in [0.05, 0.1) is 25.3 Å². The maximum Gasteiger partial charge on any atom is 0.416 e. The van der Waals surface area contributed by atoms with Gasteiger partial charge in [-0.1, -0.05) is 41.9 Å². The molecule has 11 heteroatoms. The molecule has 0 saturated carbocycles. The number of nitrogens with one attached hydrogen (secondary N) is 1. The second-order valence-corrected chi connectivity index (χ2v) is 9.24. The second kappa shape index (κ2) is 12.6. The highest BCUT2D eigenvalue weighted by atomic mass is 35.5. The van der Waals surface area contributed by atoms with Gasteiger partial charge in [0.25, 0.3) is 5.91 Å². The fourth-order valence-electron chi connectivity index (χ4n) is 4.04. The van der Waals surface area contributed by atoms with Crippen LogP contribution in [0.4, 0.5) is 13.2 Å². The van der Waals surface area contributed by atoms with E-state index in [1.54, 1.807) is 18.2 Å². The number of nitrogens with zero attached hydrogens (tertiary/aromatic N) is 3. The van der Waals surface area contributed by atoms with Crippen molar-refractivity contribution in [1.82, 2.24) is 20.1 Å². The third-order valence-corrected chi connectivity index (χ3v) is 6.19. The van der Waals surface area contributed by atoms with Gasteiger partial charge in [0, 0.05) is 44.3 Å². The van der Waals surface area contributed by atoms with Crippen LogP contribution in [0.2, 0.25) is 5.02 Å². The molecule has 1 amide bonds. The van der Waals surface area contributed by atoms with Gasteiger partial charge >= 0.3 is 6.18 Å². The van der Waals surface area contributed by atoms with Crippen LogP contribution in [0.3, 0.4) is 0 Å². The number of halogens is 4. The lowest BCUT2D eigenvalue weighted by molar-refractivity contribution is -0.137. The largest absolute Gasteiger partial charge is 0.447 e. The van der Waals surface area contributed by atoms with Gasteiger partial charge in [0.15, 0.2) is 5.69 Å². The maximum atomic E-state index is 13.2. The number of aromatic nitrogens is 1. The number of amides is 1. The summed E-state index contributed by atoms with van der Waals surface area (Å²) >= 11 is 5.99. The van der Waals surface area contributed by atoms with Crippen LogP contribution in [0.1, 0.15) is 33.1 Å². The van der Waals surface area contributed by atoms with E-state index in [4.69, 9.17) is 20.8 Å². The molecule has 0 bridgehead atoms. The Labute approximate surface area is 218 Å². The zero-order valence-electron chi connectivity index (χ0n) is 20.1. The molecule has 0 aliphatic carbocycles. The molecule has 4 rings (SSSR count). The predicted molar refractivity (Wildman–Crippen MR) is 132 cm³/mol. The molecule has 7 nitrogen and oxygen atoms in total. The number of hydrogen-bond acceptors (Lipinski definition) is 6. The summed E-state index contributed by atoms with van der Waals surface area (Å²) in [6, 6.07) is 12.4. The lowest BCUT2D eigenvalue weighted by Gasteiger charge is -2.26. The van der Waals surface area contributed by atoms with Crippen LogP contribution in [0.5, 0.6) is 0 Å². The van der Waals surface area contributed by atoms with E-state index < -0.39 is 11.7 Å². The minimum atomic E-state index is -4.43. The van der Waals surface area contributed by atoms with Crippen molar-refractivity contribution in [1.29, 1.82) is 0 Å². The van der Waals surface area contributed by atoms with Gasteiger partial charge < -0.3 is 14.5 Å². The smallest absolute Gasteiger partial charge is 0.416 e. The number of rotatable bonds is 10. The average molecular weight is 537 g/mol. The monoisotopic (exact) mass is 536 g/mol. The molecule has 1 saturated heterocycles. The van der Waals surface area contributed by atoms with Crippen LogP contribution in [0, 0.1) is 0 Å². The summed E-state index contributed by atoms with van der Waals surface area (Å²) in [4.78, 5) is 20.9. The minimum Gasteiger partial charge on any atom is -0.447 e. The third kappa shape index (κ3) is 8.29. The number of carbonyl (C=O) groups is 1. The lowest BCUT2D eigenvalue weighted by Crippen LogP contribution is -2.41. The number of carbonyl (C=O) groups excluding carboxylic acids is 1. The van der Waals surface area contributed by atoms with Gasteiger partial charge in [-0.05, 0) is 29.3 Å². The first-order chi connectivity index (χ1) is 17.8. The van der Waals surface area contributed by atoms with Gasteiger partial charge in [-0.2, -0.15) is 13.2 Å². The van der Waals surface area contributed by atoms with Crippen LogP contribution in [0.25, 0.3) is 0 Å². The summed E-state index contributed by atoms with van der Waals surface area (Å²) in [7, 11) is 0. The van der Waals surface area contributed by atoms with Crippen LogP contribution in [0.15, 0.2) is 59.2 Å². The minimum absolute atomic E-state index is 0.155. The van der Waals surface area contributed by atoms with Gasteiger partial charge in [-0.25, -0.2) is 4.98 Å². The Kier molecular flexibility index (Phi) is 9.20. The summed E-state index contributed by atoms with van der Waals surface area (Å²) in [5.41, 5.74) is 0.867. The summed E-state index contributed by atoms with van der Waals surface area (Å²) in [6.07, 6.45) is -3.13. The Bertz CT molecular complexity index is 1160. The topological polar surface area (TPSA) is 70.8 Å². The first kappa shape index (κ1) is 27.1. The van der Waals surface area contributed by atoms with E-state index in [1.807, 2.05) is 17.0 Å². The van der Waals surface area contributed by atoms with E-state index in [0.29, 0.717) is 49.3 Å². The zero-order valence-corrected chi connectivity index (χ0v) is 20.9. The van der Waals surface area contributed by atoms with Gasteiger partial charge in [-0.15, -0.1) is 0 Å². The van der Waals surface area contributed by atoms with Gasteiger partial charge in [0.1, 0.15) is 6.26 Å². The fourth-order valence-corrected chi connectivity index (χ4v) is 4.17.